The second-order valence-electron chi connectivity index (χ2n) is 9.40. The van der Waals surface area contributed by atoms with Crippen LogP contribution in [0.4, 0.5) is 36.4 Å². The van der Waals surface area contributed by atoms with Crippen LogP contribution >= 0.6 is 11.8 Å². The predicted molar refractivity (Wildman–Crippen MR) is 127 cm³/mol. The maximum Gasteiger partial charge on any atom is 0.430 e. The van der Waals surface area contributed by atoms with Crippen LogP contribution in [0.5, 0.6) is 0 Å². The Morgan fingerprint density at radius 1 is 1.03 bits per heavy atom. The largest absolute Gasteiger partial charge is 0.430 e. The van der Waals surface area contributed by atoms with E-state index in [4.69, 9.17) is 0 Å². The fourth-order valence-corrected chi connectivity index (χ4v) is 6.75. The number of nitrogens with zero attached hydrogens (tertiary/aromatic N) is 1. The van der Waals surface area contributed by atoms with Gasteiger partial charge in [-0.15, -0.1) is 11.8 Å². The third-order valence-corrected chi connectivity index (χ3v) is 8.78. The summed E-state index contributed by atoms with van der Waals surface area (Å²) in [4.78, 5) is 11.8. The van der Waals surface area contributed by atoms with Crippen molar-refractivity contribution in [1.29, 1.82) is 0 Å². The first kappa shape index (κ1) is 31.0. The molecule has 1 atom stereocenters. The van der Waals surface area contributed by atoms with Crippen LogP contribution in [0, 0.1) is 5.82 Å². The molecular formula is C23H23F7N2O5S2. The van der Waals surface area contributed by atoms with E-state index in [1.54, 1.807) is 0 Å². The summed E-state index contributed by atoms with van der Waals surface area (Å²) in [6.45, 7) is 2.63. The normalized spacial score (nSPS) is 17.1. The Bertz CT molecular complexity index is 1310. The molecule has 3 rings (SSSR count). The molecule has 0 aliphatic carbocycles. The SMILES string of the molecule is CC(C)(O)CNC(=O)CC1CSc2cc(C(O)(C(F)(F)F)C(F)(F)F)ccc2N1S(=O)(=O)c1ccc(F)cc1. The number of alkyl halides is 6. The first-order valence-corrected chi connectivity index (χ1v) is 13.5. The Morgan fingerprint density at radius 2 is 1.59 bits per heavy atom. The Morgan fingerprint density at radius 3 is 2.10 bits per heavy atom. The standard InChI is InChI=1S/C23H23F7N2O5S2/c1-20(2,34)12-31-19(33)10-15-11-38-18-9-13(21(35,22(25,26)27)23(28,29)30)3-8-17(18)32(15)39(36,37)16-6-4-14(24)5-7-16/h3-9,15,34-35H,10-12H2,1-2H3,(H,31,33). The zero-order valence-corrected chi connectivity index (χ0v) is 21.9. The lowest BCUT2D eigenvalue weighted by Gasteiger charge is -2.38. The van der Waals surface area contributed by atoms with E-state index in [-0.39, 0.29) is 22.9 Å². The molecule has 0 fully saturated rings. The number of carbonyl (C=O) groups excluding carboxylic acids is 1. The van der Waals surface area contributed by atoms with Gasteiger partial charge in [0.2, 0.25) is 5.91 Å². The van der Waals surface area contributed by atoms with Gasteiger partial charge < -0.3 is 15.5 Å². The molecule has 39 heavy (non-hydrogen) atoms. The van der Waals surface area contributed by atoms with E-state index in [0.29, 0.717) is 34.3 Å². The summed E-state index contributed by atoms with van der Waals surface area (Å²) in [6.07, 6.45) is -12.8. The van der Waals surface area contributed by atoms with E-state index in [1.165, 1.54) is 13.8 Å². The number of thioether (sulfide) groups is 1. The van der Waals surface area contributed by atoms with Gasteiger partial charge in [0.15, 0.2) is 0 Å². The first-order valence-electron chi connectivity index (χ1n) is 11.1. The van der Waals surface area contributed by atoms with Gasteiger partial charge in [0.1, 0.15) is 5.82 Å². The second kappa shape index (κ2) is 10.4. The number of rotatable bonds is 7. The van der Waals surface area contributed by atoms with Gasteiger partial charge in [0.25, 0.3) is 15.6 Å². The molecule has 3 N–H and O–H groups in total. The Labute approximate surface area is 223 Å². The Balaban J connectivity index is 2.12. The number of anilines is 1. The number of hydrogen-bond acceptors (Lipinski definition) is 6. The van der Waals surface area contributed by atoms with Gasteiger partial charge in [-0.2, -0.15) is 26.3 Å². The summed E-state index contributed by atoms with van der Waals surface area (Å²) in [5, 5.41) is 22.0. The predicted octanol–water partition coefficient (Wildman–Crippen LogP) is 4.08. The molecule has 0 aromatic heterocycles. The molecule has 1 heterocycles. The van der Waals surface area contributed by atoms with E-state index in [0.717, 1.165) is 24.3 Å². The average molecular weight is 605 g/mol. The van der Waals surface area contributed by atoms with Gasteiger partial charge in [-0.25, -0.2) is 12.8 Å². The molecule has 1 aliphatic rings. The number of benzene rings is 2. The molecule has 1 amide bonds. The maximum atomic E-state index is 13.6. The van der Waals surface area contributed by atoms with Crippen molar-refractivity contribution < 1.29 is 54.2 Å². The number of hydrogen-bond donors (Lipinski definition) is 3. The van der Waals surface area contributed by atoms with Crippen LogP contribution < -0.4 is 9.62 Å². The zero-order valence-electron chi connectivity index (χ0n) is 20.3. The molecule has 1 aliphatic heterocycles. The summed E-state index contributed by atoms with van der Waals surface area (Å²) >= 11 is 0.690. The van der Waals surface area contributed by atoms with E-state index >= 15 is 0 Å². The molecule has 7 nitrogen and oxygen atoms in total. The number of fused-ring (bicyclic) bond motifs is 1. The number of nitrogens with one attached hydrogen (secondary N) is 1. The molecular weight excluding hydrogens is 581 g/mol. The molecule has 0 saturated heterocycles. The third-order valence-electron chi connectivity index (χ3n) is 5.71. The highest BCUT2D eigenvalue weighted by Gasteiger charge is 2.71. The van der Waals surface area contributed by atoms with Crippen LogP contribution in [0.3, 0.4) is 0 Å². The smallest absolute Gasteiger partial charge is 0.389 e. The van der Waals surface area contributed by atoms with Crippen molar-refractivity contribution in [3.63, 3.8) is 0 Å². The highest BCUT2D eigenvalue weighted by molar-refractivity contribution is 8.00. The van der Waals surface area contributed by atoms with Crippen LogP contribution in [-0.2, 0) is 20.4 Å². The van der Waals surface area contributed by atoms with Crippen molar-refractivity contribution in [3.05, 3.63) is 53.8 Å². The highest BCUT2D eigenvalue weighted by Crippen LogP contribution is 2.52. The van der Waals surface area contributed by atoms with Gasteiger partial charge in [-0.05, 0) is 50.2 Å². The van der Waals surface area contributed by atoms with Gasteiger partial charge in [-0.3, -0.25) is 9.10 Å². The van der Waals surface area contributed by atoms with E-state index < -0.39 is 68.2 Å². The van der Waals surface area contributed by atoms with Crippen molar-refractivity contribution in [1.82, 2.24) is 5.32 Å². The molecule has 16 heteroatoms. The molecule has 0 spiro atoms. The van der Waals surface area contributed by atoms with E-state index in [2.05, 4.69) is 5.32 Å². The van der Waals surface area contributed by atoms with Crippen molar-refractivity contribution >= 4 is 33.4 Å². The zero-order chi connectivity index (χ0) is 29.6. The summed E-state index contributed by atoms with van der Waals surface area (Å²) in [7, 11) is -4.62. The molecule has 0 radical (unpaired) electrons. The number of halogens is 7. The number of amides is 1. The summed E-state index contributed by atoms with van der Waals surface area (Å²) in [6, 6.07) is 3.73. The van der Waals surface area contributed by atoms with Crippen LogP contribution in [0.15, 0.2) is 52.3 Å². The average Bonchev–Trinajstić information content (AvgIpc) is 2.80. The van der Waals surface area contributed by atoms with Gasteiger partial charge in [0.05, 0.1) is 22.2 Å². The van der Waals surface area contributed by atoms with Crippen LogP contribution in [-0.4, -0.2) is 60.8 Å². The van der Waals surface area contributed by atoms with Crippen LogP contribution in [0.25, 0.3) is 0 Å². The molecule has 2 aromatic carbocycles. The minimum absolute atomic E-state index is 0.191. The molecule has 0 bridgehead atoms. The van der Waals surface area contributed by atoms with Crippen molar-refractivity contribution in [2.24, 2.45) is 0 Å². The van der Waals surface area contributed by atoms with Gasteiger partial charge in [0, 0.05) is 29.2 Å². The molecule has 216 valence electrons. The lowest BCUT2D eigenvalue weighted by molar-refractivity contribution is -0.376. The summed E-state index contributed by atoms with van der Waals surface area (Å²) in [5.41, 5.74) is -8.45. The third kappa shape index (κ3) is 6.28. The van der Waals surface area contributed by atoms with Gasteiger partial charge in [-0.1, -0.05) is 6.07 Å². The summed E-state index contributed by atoms with van der Waals surface area (Å²) < 4.78 is 122. The van der Waals surface area contributed by atoms with Crippen LogP contribution in [0.2, 0.25) is 0 Å². The molecule has 0 saturated carbocycles. The number of aliphatic hydroxyl groups is 2. The minimum Gasteiger partial charge on any atom is -0.389 e. The van der Waals surface area contributed by atoms with Crippen molar-refractivity contribution in [2.75, 3.05) is 16.6 Å². The Kier molecular flexibility index (Phi) is 8.30. The van der Waals surface area contributed by atoms with Crippen molar-refractivity contribution in [3.8, 4) is 0 Å². The van der Waals surface area contributed by atoms with Crippen molar-refractivity contribution in [2.45, 2.75) is 59.7 Å². The fourth-order valence-electron chi connectivity index (χ4n) is 3.76. The quantitative estimate of drug-likeness (QED) is 0.412. The summed E-state index contributed by atoms with van der Waals surface area (Å²) in [5.74, 6) is -1.73. The van der Waals surface area contributed by atoms with E-state index in [9.17, 15) is 54.2 Å². The van der Waals surface area contributed by atoms with E-state index in [1.807, 2.05) is 0 Å². The molecule has 1 unspecified atom stereocenters. The van der Waals surface area contributed by atoms with Gasteiger partial charge >= 0.3 is 12.4 Å². The highest BCUT2D eigenvalue weighted by atomic mass is 32.2. The number of carbonyl (C=O) groups is 1. The lowest BCUT2D eigenvalue weighted by Crippen LogP contribution is -2.54. The fraction of sp³-hybridized carbons (Fsp3) is 0.435. The Hall–Kier alpha value is -2.56. The topological polar surface area (TPSA) is 107 Å². The maximum absolute atomic E-state index is 13.6. The monoisotopic (exact) mass is 604 g/mol. The molecule has 2 aromatic rings. The first-order chi connectivity index (χ1) is 17.7. The van der Waals surface area contributed by atoms with Crippen LogP contribution in [0.1, 0.15) is 25.8 Å². The lowest BCUT2D eigenvalue weighted by atomic mass is 9.92. The second-order valence-corrected chi connectivity index (χ2v) is 12.3. The minimum atomic E-state index is -6.15. The number of sulfonamides is 1.